The van der Waals surface area contributed by atoms with E-state index < -0.39 is 0 Å². The second kappa shape index (κ2) is 5.37. The van der Waals surface area contributed by atoms with Gasteiger partial charge in [-0.05, 0) is 29.3 Å². The average molecular weight is 266 g/mol. The first kappa shape index (κ1) is 12.1. The molecule has 0 saturated heterocycles. The minimum Gasteiger partial charge on any atom is -0.497 e. The topological polar surface area (TPSA) is 9.23 Å². The molecule has 94 valence electrons. The van der Waals surface area contributed by atoms with Gasteiger partial charge in [0.15, 0.2) is 0 Å². The van der Waals surface area contributed by atoms with Crippen molar-refractivity contribution in [2.24, 2.45) is 0 Å². The first-order chi connectivity index (χ1) is 9.36. The number of hydrogen-bond acceptors (Lipinski definition) is 2. The number of fused-ring (bicyclic) bond motifs is 1. The van der Waals surface area contributed by atoms with Crippen LogP contribution in [0.1, 0.15) is 11.1 Å². The van der Waals surface area contributed by atoms with Crippen molar-refractivity contribution >= 4 is 22.7 Å². The maximum Gasteiger partial charge on any atom is 0.120 e. The van der Waals surface area contributed by atoms with Crippen molar-refractivity contribution in [3.05, 3.63) is 71.8 Å². The molecule has 1 nitrogen and oxygen atoms in total. The van der Waals surface area contributed by atoms with Gasteiger partial charge in [0, 0.05) is 9.80 Å². The fourth-order valence-corrected chi connectivity index (χ4v) is 3.08. The lowest BCUT2D eigenvalue weighted by atomic mass is 10.2. The Hall–Kier alpha value is -1.93. The van der Waals surface area contributed by atoms with E-state index >= 15 is 0 Å². The van der Waals surface area contributed by atoms with Crippen molar-refractivity contribution < 1.29 is 4.74 Å². The van der Waals surface area contributed by atoms with Crippen LogP contribution in [0.2, 0.25) is 0 Å². The number of benzene rings is 2. The van der Waals surface area contributed by atoms with Crippen LogP contribution in [0.25, 0.3) is 11.0 Å². The Kier molecular flexibility index (Phi) is 3.43. The quantitative estimate of drug-likeness (QED) is 0.768. The molecule has 2 heteroatoms. The van der Waals surface area contributed by atoms with Crippen LogP contribution in [0.3, 0.4) is 0 Å². The lowest BCUT2D eigenvalue weighted by Crippen LogP contribution is -1.86. The Morgan fingerprint density at radius 3 is 2.63 bits per heavy atom. The van der Waals surface area contributed by atoms with Crippen molar-refractivity contribution in [2.45, 2.75) is 4.90 Å². The van der Waals surface area contributed by atoms with E-state index in [1.807, 2.05) is 12.1 Å². The zero-order valence-corrected chi connectivity index (χ0v) is 11.5. The van der Waals surface area contributed by atoms with Crippen LogP contribution in [-0.2, 0) is 0 Å². The molecule has 0 bridgehead atoms. The van der Waals surface area contributed by atoms with E-state index in [1.165, 1.54) is 20.9 Å². The van der Waals surface area contributed by atoms with E-state index in [0.29, 0.717) is 0 Å². The molecule has 0 saturated carbocycles. The first-order valence-corrected chi connectivity index (χ1v) is 6.98. The van der Waals surface area contributed by atoms with Crippen LogP contribution < -0.4 is 4.74 Å². The Labute approximate surface area is 117 Å². The summed E-state index contributed by atoms with van der Waals surface area (Å²) in [6, 6.07) is 16.6. The van der Waals surface area contributed by atoms with Crippen LogP contribution in [0.5, 0.6) is 5.75 Å². The molecule has 0 amide bonds. The molecule has 0 radical (unpaired) electrons. The number of rotatable bonds is 2. The predicted octanol–water partition coefficient (Wildman–Crippen LogP) is 4.86. The summed E-state index contributed by atoms with van der Waals surface area (Å²) in [6.45, 7) is 0. The van der Waals surface area contributed by atoms with Gasteiger partial charge in [-0.1, -0.05) is 60.3 Å². The fourth-order valence-electron chi connectivity index (χ4n) is 2.02. The van der Waals surface area contributed by atoms with Gasteiger partial charge in [0.25, 0.3) is 0 Å². The Morgan fingerprint density at radius 2 is 1.84 bits per heavy atom. The molecule has 2 aromatic rings. The van der Waals surface area contributed by atoms with Crippen molar-refractivity contribution in [2.75, 3.05) is 7.11 Å². The minimum absolute atomic E-state index is 0.897. The van der Waals surface area contributed by atoms with Crippen LogP contribution in [-0.4, -0.2) is 7.11 Å². The molecule has 0 aliphatic carbocycles. The molecular weight excluding hydrogens is 252 g/mol. The van der Waals surface area contributed by atoms with Gasteiger partial charge in [0.2, 0.25) is 0 Å². The highest BCUT2D eigenvalue weighted by atomic mass is 32.2. The van der Waals surface area contributed by atoms with Gasteiger partial charge in [0.05, 0.1) is 7.11 Å². The van der Waals surface area contributed by atoms with Crippen LogP contribution in [0.4, 0.5) is 0 Å². The van der Waals surface area contributed by atoms with E-state index in [2.05, 4.69) is 54.6 Å². The summed E-state index contributed by atoms with van der Waals surface area (Å²) in [5, 5.41) is 0. The van der Waals surface area contributed by atoms with E-state index in [1.54, 1.807) is 18.9 Å². The molecule has 0 spiro atoms. The molecule has 0 atom stereocenters. The highest BCUT2D eigenvalue weighted by molar-refractivity contribution is 8.08. The number of methoxy groups -OCH3 is 1. The largest absolute Gasteiger partial charge is 0.497 e. The number of thioether (sulfide) groups is 1. The molecule has 2 aromatic carbocycles. The van der Waals surface area contributed by atoms with E-state index in [-0.39, 0.29) is 0 Å². The Morgan fingerprint density at radius 1 is 1.00 bits per heavy atom. The predicted molar refractivity (Wildman–Crippen MR) is 82.3 cm³/mol. The third-order valence-electron chi connectivity index (χ3n) is 3.02. The third kappa shape index (κ3) is 2.59. The first-order valence-electron chi connectivity index (χ1n) is 6.16. The molecule has 19 heavy (non-hydrogen) atoms. The van der Waals surface area contributed by atoms with E-state index in [4.69, 9.17) is 4.74 Å². The summed E-state index contributed by atoms with van der Waals surface area (Å²) >= 11 is 1.78. The highest BCUT2D eigenvalue weighted by Gasteiger charge is 2.10. The summed E-state index contributed by atoms with van der Waals surface area (Å²) in [5.41, 5.74) is 2.47. The molecule has 1 aliphatic heterocycles. The number of hydrogen-bond donors (Lipinski definition) is 0. The molecule has 1 heterocycles. The van der Waals surface area contributed by atoms with Gasteiger partial charge in [-0.15, -0.1) is 0 Å². The van der Waals surface area contributed by atoms with Crippen LogP contribution in [0, 0.1) is 0 Å². The number of allylic oxidation sites excluding steroid dienone is 2. The second-order valence-corrected chi connectivity index (χ2v) is 5.35. The third-order valence-corrected chi connectivity index (χ3v) is 4.19. The number of ether oxygens (including phenoxy) is 1. The standard InChI is InChI=1S/C17H14OS/c1-18-15-11-10-14-8-5-9-16(19-17(14)12-15)13-6-3-2-4-7-13/h2-12H,1H3. The molecule has 1 aliphatic rings. The summed E-state index contributed by atoms with van der Waals surface area (Å²) < 4.78 is 5.31. The van der Waals surface area contributed by atoms with Gasteiger partial charge in [-0.3, -0.25) is 0 Å². The monoisotopic (exact) mass is 266 g/mol. The van der Waals surface area contributed by atoms with Gasteiger partial charge < -0.3 is 4.74 Å². The van der Waals surface area contributed by atoms with Gasteiger partial charge >= 0.3 is 0 Å². The molecule has 0 fully saturated rings. The SMILES string of the molecule is COc1ccc2c(c1)SC(c1ccccc1)=CC=C2. The molecule has 0 N–H and O–H groups in total. The van der Waals surface area contributed by atoms with E-state index in [0.717, 1.165) is 5.75 Å². The lowest BCUT2D eigenvalue weighted by Gasteiger charge is -2.09. The molecular formula is C17H14OS. The molecule has 0 unspecified atom stereocenters. The normalized spacial score (nSPS) is 13.4. The van der Waals surface area contributed by atoms with Crippen molar-refractivity contribution in [3.8, 4) is 5.75 Å². The Bertz CT molecular complexity index is 642. The maximum atomic E-state index is 5.31. The second-order valence-electron chi connectivity index (χ2n) is 4.26. The van der Waals surface area contributed by atoms with Crippen molar-refractivity contribution in [1.82, 2.24) is 0 Å². The lowest BCUT2D eigenvalue weighted by molar-refractivity contribution is 0.413. The summed E-state index contributed by atoms with van der Waals surface area (Å²) in [5.74, 6) is 0.897. The van der Waals surface area contributed by atoms with Gasteiger partial charge in [0.1, 0.15) is 5.75 Å². The molecule has 0 aromatic heterocycles. The molecule has 3 rings (SSSR count). The van der Waals surface area contributed by atoms with Crippen LogP contribution in [0.15, 0.2) is 65.6 Å². The smallest absolute Gasteiger partial charge is 0.120 e. The summed E-state index contributed by atoms with van der Waals surface area (Å²) in [7, 11) is 1.70. The zero-order valence-electron chi connectivity index (χ0n) is 10.7. The fraction of sp³-hybridized carbons (Fsp3) is 0.0588. The zero-order chi connectivity index (χ0) is 13.1. The van der Waals surface area contributed by atoms with Crippen LogP contribution >= 0.6 is 11.8 Å². The van der Waals surface area contributed by atoms with Crippen molar-refractivity contribution in [1.29, 1.82) is 0 Å². The van der Waals surface area contributed by atoms with Crippen molar-refractivity contribution in [3.63, 3.8) is 0 Å². The summed E-state index contributed by atoms with van der Waals surface area (Å²) in [4.78, 5) is 2.48. The highest BCUT2D eigenvalue weighted by Crippen LogP contribution is 2.40. The maximum absolute atomic E-state index is 5.31. The van der Waals surface area contributed by atoms with E-state index in [9.17, 15) is 0 Å². The van der Waals surface area contributed by atoms with Gasteiger partial charge in [-0.2, -0.15) is 0 Å². The Balaban J connectivity index is 2.00. The summed E-state index contributed by atoms with van der Waals surface area (Å²) in [6.07, 6.45) is 6.40. The minimum atomic E-state index is 0.897. The van der Waals surface area contributed by atoms with Gasteiger partial charge in [-0.25, -0.2) is 0 Å². The average Bonchev–Trinajstić information content (AvgIpc) is 2.69.